The van der Waals surface area contributed by atoms with Crippen LogP contribution in [-0.2, 0) is 9.53 Å². The monoisotopic (exact) mass is 560 g/mol. The number of non-ortho nitro benzene ring substituents is 1. The van der Waals surface area contributed by atoms with Crippen molar-refractivity contribution in [1.29, 1.82) is 0 Å². The van der Waals surface area contributed by atoms with E-state index in [1.807, 2.05) is 24.5 Å². The Morgan fingerprint density at radius 2 is 1.82 bits per heavy atom. The number of hydrogen-bond acceptors (Lipinski definition) is 7. The Bertz CT molecular complexity index is 1870. The number of nitro groups is 1. The molecule has 204 valence electrons. The Labute approximate surface area is 232 Å². The number of fused-ring (bicyclic) bond motifs is 1. The minimum Gasteiger partial charge on any atom is -0.463 e. The number of nitrogens with zero attached hydrogens (tertiary/aromatic N) is 4. The molecule has 2 aromatic carbocycles. The van der Waals surface area contributed by atoms with Crippen molar-refractivity contribution >= 4 is 29.1 Å². The molecule has 0 fully saturated rings. The molecule has 3 heterocycles. The van der Waals surface area contributed by atoms with Crippen molar-refractivity contribution in [2.75, 3.05) is 6.61 Å². The van der Waals surface area contributed by atoms with Crippen molar-refractivity contribution in [1.82, 2.24) is 9.13 Å². The van der Waals surface area contributed by atoms with E-state index in [2.05, 4.69) is 4.99 Å². The van der Waals surface area contributed by atoms with E-state index in [4.69, 9.17) is 4.74 Å². The van der Waals surface area contributed by atoms with E-state index in [-0.39, 0.29) is 23.4 Å². The maximum Gasteiger partial charge on any atom is 0.338 e. The van der Waals surface area contributed by atoms with Gasteiger partial charge in [-0.05, 0) is 75.2 Å². The molecule has 4 aromatic rings. The zero-order valence-corrected chi connectivity index (χ0v) is 23.0. The molecular weight excluding hydrogens is 535 g/mol. The van der Waals surface area contributed by atoms with E-state index in [0.29, 0.717) is 20.6 Å². The molecule has 1 unspecified atom stereocenters. The number of halogens is 1. The fourth-order valence-electron chi connectivity index (χ4n) is 4.95. The second kappa shape index (κ2) is 10.5. The Hall–Kier alpha value is -4.64. The summed E-state index contributed by atoms with van der Waals surface area (Å²) in [4.78, 5) is 42.4. The molecule has 1 atom stereocenters. The molecule has 0 N–H and O–H groups in total. The van der Waals surface area contributed by atoms with Gasteiger partial charge in [0.05, 0.1) is 33.4 Å². The second-order valence-corrected chi connectivity index (χ2v) is 10.3. The molecule has 11 heteroatoms. The van der Waals surface area contributed by atoms with E-state index in [9.17, 15) is 24.1 Å². The first-order valence-electron chi connectivity index (χ1n) is 12.5. The first kappa shape index (κ1) is 26.9. The van der Waals surface area contributed by atoms with Gasteiger partial charge in [-0.25, -0.2) is 14.2 Å². The molecule has 0 saturated heterocycles. The zero-order chi connectivity index (χ0) is 28.7. The van der Waals surface area contributed by atoms with Gasteiger partial charge in [0.25, 0.3) is 11.2 Å². The number of aryl methyl sites for hydroxylation is 1. The number of esters is 1. The lowest BCUT2D eigenvalue weighted by Gasteiger charge is -2.24. The minimum absolute atomic E-state index is 0.000681. The van der Waals surface area contributed by atoms with Crippen molar-refractivity contribution < 1.29 is 18.8 Å². The lowest BCUT2D eigenvalue weighted by atomic mass is 9.96. The second-order valence-electron chi connectivity index (χ2n) is 9.29. The van der Waals surface area contributed by atoms with Gasteiger partial charge in [0, 0.05) is 29.2 Å². The van der Waals surface area contributed by atoms with Crippen LogP contribution < -0.4 is 14.9 Å². The van der Waals surface area contributed by atoms with Crippen LogP contribution in [0.2, 0.25) is 0 Å². The summed E-state index contributed by atoms with van der Waals surface area (Å²) in [5.74, 6) is -1.02. The van der Waals surface area contributed by atoms with E-state index < -0.39 is 22.8 Å². The molecule has 0 aliphatic carbocycles. The Kier molecular flexibility index (Phi) is 7.07. The van der Waals surface area contributed by atoms with Crippen LogP contribution in [0.1, 0.15) is 42.4 Å². The maximum atomic E-state index is 13.8. The average Bonchev–Trinajstić information content (AvgIpc) is 3.37. The van der Waals surface area contributed by atoms with E-state index in [1.165, 1.54) is 40.2 Å². The van der Waals surface area contributed by atoms with Crippen molar-refractivity contribution in [2.45, 2.75) is 33.7 Å². The topological polar surface area (TPSA) is 109 Å². The lowest BCUT2D eigenvalue weighted by Crippen LogP contribution is -2.39. The first-order chi connectivity index (χ1) is 19.1. The fourth-order valence-corrected chi connectivity index (χ4v) is 5.99. The van der Waals surface area contributed by atoms with Gasteiger partial charge in [-0.1, -0.05) is 23.5 Å². The normalized spacial score (nSPS) is 15.1. The summed E-state index contributed by atoms with van der Waals surface area (Å²) < 4.78 is 22.9. The number of carbonyl (C=O) groups is 1. The number of nitro benzene ring substituents is 1. The Morgan fingerprint density at radius 3 is 2.45 bits per heavy atom. The van der Waals surface area contributed by atoms with Crippen molar-refractivity contribution in [3.63, 3.8) is 0 Å². The summed E-state index contributed by atoms with van der Waals surface area (Å²) in [6.07, 6.45) is 1.78. The van der Waals surface area contributed by atoms with Crippen molar-refractivity contribution in [3.8, 4) is 5.69 Å². The molecule has 1 aliphatic rings. The number of rotatable bonds is 6. The summed E-state index contributed by atoms with van der Waals surface area (Å²) >= 11 is 1.20. The van der Waals surface area contributed by atoms with Crippen LogP contribution in [0.5, 0.6) is 0 Å². The number of carbonyl (C=O) groups excluding carboxylic acids is 1. The van der Waals surface area contributed by atoms with Gasteiger partial charge >= 0.3 is 5.97 Å². The van der Waals surface area contributed by atoms with Crippen LogP contribution in [0.4, 0.5) is 10.1 Å². The highest BCUT2D eigenvalue weighted by molar-refractivity contribution is 7.07. The Balaban J connectivity index is 1.66. The number of ether oxygens (including phenoxy) is 1. The summed E-state index contributed by atoms with van der Waals surface area (Å²) in [7, 11) is 0. The lowest BCUT2D eigenvalue weighted by molar-refractivity contribution is -0.384. The predicted molar refractivity (Wildman–Crippen MR) is 149 cm³/mol. The number of thiazole rings is 1. The molecule has 0 saturated carbocycles. The van der Waals surface area contributed by atoms with Crippen LogP contribution in [0.15, 0.2) is 75.7 Å². The number of allylic oxidation sites excluding steroid dienone is 1. The van der Waals surface area contributed by atoms with Gasteiger partial charge in [-0.3, -0.25) is 19.5 Å². The summed E-state index contributed by atoms with van der Waals surface area (Å²) in [6.45, 7) is 7.36. The van der Waals surface area contributed by atoms with Crippen LogP contribution in [0.3, 0.4) is 0 Å². The first-order valence-corrected chi connectivity index (χ1v) is 13.3. The summed E-state index contributed by atoms with van der Waals surface area (Å²) in [5.41, 5.74) is 4.15. The van der Waals surface area contributed by atoms with Gasteiger partial charge in [0.15, 0.2) is 4.80 Å². The molecule has 0 spiro atoms. The summed E-state index contributed by atoms with van der Waals surface area (Å²) in [6, 6.07) is 13.0. The highest BCUT2D eigenvalue weighted by atomic mass is 32.1. The van der Waals surface area contributed by atoms with Crippen LogP contribution in [-0.4, -0.2) is 26.6 Å². The number of hydrogen-bond donors (Lipinski definition) is 0. The molecule has 0 bridgehead atoms. The van der Waals surface area contributed by atoms with Crippen molar-refractivity contribution in [2.24, 2.45) is 4.99 Å². The Morgan fingerprint density at radius 1 is 1.15 bits per heavy atom. The predicted octanol–water partition coefficient (Wildman–Crippen LogP) is 4.25. The van der Waals surface area contributed by atoms with Crippen LogP contribution in [0.25, 0.3) is 11.8 Å². The fraction of sp³-hybridized carbons (Fsp3) is 0.207. The highest BCUT2D eigenvalue weighted by Gasteiger charge is 2.33. The van der Waals surface area contributed by atoms with Gasteiger partial charge in [0.2, 0.25) is 0 Å². The molecule has 9 nitrogen and oxygen atoms in total. The third-order valence-electron chi connectivity index (χ3n) is 6.78. The molecular formula is C29H25FN4O5S. The summed E-state index contributed by atoms with van der Waals surface area (Å²) in [5, 5.41) is 11.1. The molecule has 1 aliphatic heterocycles. The van der Waals surface area contributed by atoms with Gasteiger partial charge in [-0.15, -0.1) is 0 Å². The van der Waals surface area contributed by atoms with Gasteiger partial charge < -0.3 is 9.30 Å². The van der Waals surface area contributed by atoms with Crippen molar-refractivity contribution in [3.05, 3.63) is 124 Å². The van der Waals surface area contributed by atoms with Gasteiger partial charge in [-0.2, -0.15) is 0 Å². The van der Waals surface area contributed by atoms with E-state index in [0.717, 1.165) is 22.6 Å². The SMILES string of the molecule is CCOC(=O)C1=C(C)N=c2s/c(=C\c3cc(C)n(-c4ccc([N+](=O)[O-])cc4)c3C)c(=O)n2C1c1ccc(F)cc1. The molecule has 0 radical (unpaired) electrons. The molecule has 2 aromatic heterocycles. The maximum absolute atomic E-state index is 13.8. The third kappa shape index (κ3) is 4.68. The molecule has 5 rings (SSSR count). The smallest absolute Gasteiger partial charge is 0.338 e. The zero-order valence-electron chi connectivity index (χ0n) is 22.2. The average molecular weight is 561 g/mol. The quantitative estimate of drug-likeness (QED) is 0.199. The largest absolute Gasteiger partial charge is 0.463 e. The van der Waals surface area contributed by atoms with E-state index >= 15 is 0 Å². The highest BCUT2D eigenvalue weighted by Crippen LogP contribution is 2.31. The minimum atomic E-state index is -0.828. The molecule has 0 amide bonds. The number of aromatic nitrogens is 2. The molecule has 40 heavy (non-hydrogen) atoms. The van der Waals surface area contributed by atoms with Gasteiger partial charge in [0.1, 0.15) is 5.82 Å². The third-order valence-corrected chi connectivity index (χ3v) is 7.76. The standard InChI is InChI=1S/C29H25FN4O5S/c1-5-39-28(36)25-17(3)31-29-33(26(25)19-6-8-21(30)9-7-19)27(35)24(40-29)15-20-14-16(2)32(18(20)4)22-10-12-23(13-11-22)34(37)38/h6-15,26H,5H2,1-4H3/b24-15-. The van der Waals surface area contributed by atoms with E-state index in [1.54, 1.807) is 44.2 Å². The number of benzene rings is 2. The van der Waals surface area contributed by atoms with Crippen LogP contribution >= 0.6 is 11.3 Å². The van der Waals surface area contributed by atoms with Crippen LogP contribution in [0, 0.1) is 29.8 Å².